The van der Waals surface area contributed by atoms with Crippen molar-refractivity contribution in [3.8, 4) is 6.07 Å². The van der Waals surface area contributed by atoms with Gasteiger partial charge in [-0.05, 0) is 19.1 Å². The van der Waals surface area contributed by atoms with Gasteiger partial charge in [0.15, 0.2) is 0 Å². The third-order valence-corrected chi connectivity index (χ3v) is 1.57. The Kier molecular flexibility index (Phi) is 3.13. The molecule has 0 saturated carbocycles. The van der Waals surface area contributed by atoms with Gasteiger partial charge in [0, 0.05) is 0 Å². The van der Waals surface area contributed by atoms with Gasteiger partial charge < -0.3 is 5.32 Å². The second-order valence-electron chi connectivity index (χ2n) is 2.70. The Labute approximate surface area is 80.4 Å². The predicted octanol–water partition coefficient (Wildman–Crippen LogP) is 1.32. The van der Waals surface area contributed by atoms with E-state index in [1.54, 1.807) is 6.07 Å². The molecule has 1 N–H and O–H groups in total. The number of amides is 1. The molecule has 0 radical (unpaired) electrons. The predicted molar refractivity (Wildman–Crippen MR) is 47.6 cm³/mol. The number of hydrogen-bond acceptors (Lipinski definition) is 3. The molecule has 1 atom stereocenters. The van der Waals surface area contributed by atoms with Crippen LogP contribution in [0.1, 0.15) is 6.92 Å². The monoisotopic (exact) mass is 193 g/mol. The first-order valence-electron chi connectivity index (χ1n) is 3.95. The molecule has 5 heteroatoms. The van der Waals surface area contributed by atoms with Crippen LogP contribution >= 0.6 is 0 Å². The number of halogens is 1. The van der Waals surface area contributed by atoms with Gasteiger partial charge in [0.25, 0.3) is 0 Å². The maximum absolute atomic E-state index is 12.4. The molecule has 1 heterocycles. The molecule has 4 nitrogen and oxygen atoms in total. The molecule has 1 unspecified atom stereocenters. The summed E-state index contributed by atoms with van der Waals surface area (Å²) < 4.78 is 12.4. The highest BCUT2D eigenvalue weighted by atomic mass is 19.1. The first kappa shape index (κ1) is 10.1. The number of hydrogen-bond donors (Lipinski definition) is 1. The summed E-state index contributed by atoms with van der Waals surface area (Å²) in [5.41, 5.74) is 0. The number of aromatic nitrogens is 1. The van der Waals surface area contributed by atoms with Crippen LogP contribution in [-0.4, -0.2) is 10.9 Å². The average Bonchev–Trinajstić information content (AvgIpc) is 2.20. The van der Waals surface area contributed by atoms with Crippen LogP contribution in [0.4, 0.5) is 10.2 Å². The molecular formula is C9H8FN3O. The number of nitrogens with one attached hydrogen (secondary N) is 1. The second kappa shape index (κ2) is 4.33. The van der Waals surface area contributed by atoms with Gasteiger partial charge >= 0.3 is 0 Å². The molecular weight excluding hydrogens is 185 g/mol. The minimum absolute atomic E-state index is 0.235. The Hall–Kier alpha value is -1.96. The SMILES string of the molecule is CC(C#N)C(=O)Nc1ccc(F)cn1. The summed E-state index contributed by atoms with van der Waals surface area (Å²) in [7, 11) is 0. The summed E-state index contributed by atoms with van der Waals surface area (Å²) in [6.07, 6.45) is 0.993. The number of nitrogens with zero attached hydrogens (tertiary/aromatic N) is 2. The molecule has 1 aromatic rings. The molecule has 1 amide bonds. The van der Waals surface area contributed by atoms with Gasteiger partial charge in [-0.3, -0.25) is 4.79 Å². The molecule has 14 heavy (non-hydrogen) atoms. The lowest BCUT2D eigenvalue weighted by Gasteiger charge is -2.04. The molecule has 0 aromatic carbocycles. The number of nitriles is 1. The van der Waals surface area contributed by atoms with Crippen molar-refractivity contribution in [1.29, 1.82) is 5.26 Å². The zero-order valence-corrected chi connectivity index (χ0v) is 7.49. The second-order valence-corrected chi connectivity index (χ2v) is 2.70. The van der Waals surface area contributed by atoms with Gasteiger partial charge in [-0.1, -0.05) is 0 Å². The summed E-state index contributed by atoms with van der Waals surface area (Å²) in [5.74, 6) is -1.44. The molecule has 0 spiro atoms. The van der Waals surface area contributed by atoms with E-state index in [1.165, 1.54) is 19.1 Å². The van der Waals surface area contributed by atoms with E-state index in [4.69, 9.17) is 5.26 Å². The Morgan fingerprint density at radius 2 is 2.43 bits per heavy atom. The number of carbonyl (C=O) groups excluding carboxylic acids is 1. The molecule has 1 rings (SSSR count). The van der Waals surface area contributed by atoms with Crippen molar-refractivity contribution in [2.24, 2.45) is 5.92 Å². The van der Waals surface area contributed by atoms with Gasteiger partial charge in [-0.15, -0.1) is 0 Å². The normalized spacial score (nSPS) is 11.5. The first-order chi connectivity index (χ1) is 6.63. The smallest absolute Gasteiger partial charge is 0.242 e. The van der Waals surface area contributed by atoms with E-state index in [0.29, 0.717) is 0 Å². The van der Waals surface area contributed by atoms with Crippen molar-refractivity contribution in [2.45, 2.75) is 6.92 Å². The van der Waals surface area contributed by atoms with E-state index in [-0.39, 0.29) is 5.82 Å². The van der Waals surface area contributed by atoms with E-state index in [9.17, 15) is 9.18 Å². The van der Waals surface area contributed by atoms with Crippen LogP contribution in [0.3, 0.4) is 0 Å². The Bertz CT molecular complexity index is 369. The molecule has 72 valence electrons. The largest absolute Gasteiger partial charge is 0.310 e. The zero-order valence-electron chi connectivity index (χ0n) is 7.49. The fraction of sp³-hybridized carbons (Fsp3) is 0.222. The lowest BCUT2D eigenvalue weighted by Crippen LogP contribution is -2.19. The molecule has 0 bridgehead atoms. The minimum Gasteiger partial charge on any atom is -0.310 e. The van der Waals surface area contributed by atoms with E-state index in [1.807, 2.05) is 0 Å². The number of rotatable bonds is 2. The van der Waals surface area contributed by atoms with Crippen LogP contribution in [0.5, 0.6) is 0 Å². The van der Waals surface area contributed by atoms with Gasteiger partial charge in [-0.25, -0.2) is 9.37 Å². The maximum atomic E-state index is 12.4. The van der Waals surface area contributed by atoms with Crippen molar-refractivity contribution in [2.75, 3.05) is 5.32 Å². The molecule has 0 fully saturated rings. The van der Waals surface area contributed by atoms with Crippen molar-refractivity contribution in [1.82, 2.24) is 4.98 Å². The summed E-state index contributed by atoms with van der Waals surface area (Å²) in [6.45, 7) is 1.47. The van der Waals surface area contributed by atoms with E-state index >= 15 is 0 Å². The highest BCUT2D eigenvalue weighted by molar-refractivity contribution is 5.92. The third-order valence-electron chi connectivity index (χ3n) is 1.57. The quantitative estimate of drug-likeness (QED) is 0.770. The molecule has 0 aliphatic heterocycles. The van der Waals surface area contributed by atoms with Crippen LogP contribution in [0.2, 0.25) is 0 Å². The minimum atomic E-state index is -0.748. The summed E-state index contributed by atoms with van der Waals surface area (Å²) in [4.78, 5) is 14.8. The van der Waals surface area contributed by atoms with Gasteiger partial charge in [-0.2, -0.15) is 5.26 Å². The molecule has 0 aliphatic carbocycles. The highest BCUT2D eigenvalue weighted by Crippen LogP contribution is 2.05. The topological polar surface area (TPSA) is 65.8 Å². The lowest BCUT2D eigenvalue weighted by molar-refractivity contribution is -0.117. The fourth-order valence-electron chi connectivity index (χ4n) is 0.743. The van der Waals surface area contributed by atoms with Crippen LogP contribution in [0.15, 0.2) is 18.3 Å². The molecule has 0 saturated heterocycles. The van der Waals surface area contributed by atoms with Gasteiger partial charge in [0.05, 0.1) is 12.3 Å². The zero-order chi connectivity index (χ0) is 10.6. The number of pyridine rings is 1. The van der Waals surface area contributed by atoms with E-state index in [2.05, 4.69) is 10.3 Å². The molecule has 0 aliphatic rings. The van der Waals surface area contributed by atoms with Crippen molar-refractivity contribution >= 4 is 11.7 Å². The standard InChI is InChI=1S/C9H8FN3O/c1-6(4-11)9(14)13-8-3-2-7(10)5-12-8/h2-3,5-6H,1H3,(H,12,13,14). The summed E-state index contributed by atoms with van der Waals surface area (Å²) in [5, 5.41) is 10.8. The highest BCUT2D eigenvalue weighted by Gasteiger charge is 2.11. The van der Waals surface area contributed by atoms with E-state index in [0.717, 1.165) is 6.20 Å². The first-order valence-corrected chi connectivity index (χ1v) is 3.95. The third kappa shape index (κ3) is 2.52. The number of carbonyl (C=O) groups is 1. The Morgan fingerprint density at radius 1 is 1.71 bits per heavy atom. The molecule has 1 aromatic heterocycles. The van der Waals surface area contributed by atoms with Gasteiger partial charge in [0.2, 0.25) is 5.91 Å². The van der Waals surface area contributed by atoms with Crippen LogP contribution < -0.4 is 5.32 Å². The average molecular weight is 193 g/mol. The fourth-order valence-corrected chi connectivity index (χ4v) is 0.743. The van der Waals surface area contributed by atoms with Crippen LogP contribution in [-0.2, 0) is 4.79 Å². The van der Waals surface area contributed by atoms with Gasteiger partial charge in [0.1, 0.15) is 17.6 Å². The van der Waals surface area contributed by atoms with Crippen LogP contribution in [0.25, 0.3) is 0 Å². The van der Waals surface area contributed by atoms with E-state index < -0.39 is 17.6 Å². The Balaban J connectivity index is 2.66. The lowest BCUT2D eigenvalue weighted by atomic mass is 10.2. The maximum Gasteiger partial charge on any atom is 0.242 e. The number of anilines is 1. The van der Waals surface area contributed by atoms with Crippen molar-refractivity contribution in [3.63, 3.8) is 0 Å². The van der Waals surface area contributed by atoms with Crippen molar-refractivity contribution < 1.29 is 9.18 Å². The van der Waals surface area contributed by atoms with Crippen LogP contribution in [0, 0.1) is 23.1 Å². The Morgan fingerprint density at radius 3 is 2.93 bits per heavy atom. The summed E-state index contributed by atoms with van der Waals surface area (Å²) in [6, 6.07) is 4.29. The van der Waals surface area contributed by atoms with Crippen molar-refractivity contribution in [3.05, 3.63) is 24.1 Å². The summed E-state index contributed by atoms with van der Waals surface area (Å²) >= 11 is 0.